The third-order valence-electron chi connectivity index (χ3n) is 2.96. The van der Waals surface area contributed by atoms with Gasteiger partial charge in [0.25, 0.3) is 5.56 Å². The average molecular weight is 287 g/mol. The minimum atomic E-state index is -0.166. The van der Waals surface area contributed by atoms with Crippen LogP contribution in [0, 0.1) is 5.92 Å². The van der Waals surface area contributed by atoms with Crippen LogP contribution in [0.5, 0.6) is 5.75 Å². The van der Waals surface area contributed by atoms with E-state index in [1.54, 1.807) is 13.1 Å². The van der Waals surface area contributed by atoms with E-state index in [1.807, 2.05) is 24.3 Å². The highest BCUT2D eigenvalue weighted by atomic mass is 16.5. The second-order valence-electron chi connectivity index (χ2n) is 5.37. The number of rotatable bonds is 6. The van der Waals surface area contributed by atoms with E-state index in [0.29, 0.717) is 24.6 Å². The Morgan fingerprint density at radius 3 is 2.86 bits per heavy atom. The van der Waals surface area contributed by atoms with Gasteiger partial charge < -0.3 is 10.1 Å². The van der Waals surface area contributed by atoms with Crippen molar-refractivity contribution in [3.8, 4) is 17.0 Å². The van der Waals surface area contributed by atoms with Gasteiger partial charge in [0, 0.05) is 17.7 Å². The molecule has 5 heteroatoms. The molecule has 1 aromatic heterocycles. The summed E-state index contributed by atoms with van der Waals surface area (Å²) in [5.41, 5.74) is 2.15. The topological polar surface area (TPSA) is 67.0 Å². The molecule has 0 saturated heterocycles. The van der Waals surface area contributed by atoms with E-state index in [-0.39, 0.29) is 5.56 Å². The van der Waals surface area contributed by atoms with E-state index in [1.165, 1.54) is 0 Å². The lowest BCUT2D eigenvalue weighted by Crippen LogP contribution is -2.19. The van der Waals surface area contributed by atoms with E-state index < -0.39 is 0 Å². The first-order chi connectivity index (χ1) is 10.1. The van der Waals surface area contributed by atoms with Crippen molar-refractivity contribution in [2.24, 2.45) is 5.92 Å². The molecule has 0 atom stereocenters. The molecule has 0 amide bonds. The Labute approximate surface area is 124 Å². The fourth-order valence-electron chi connectivity index (χ4n) is 1.92. The number of nitrogens with one attached hydrogen (secondary N) is 2. The molecule has 2 aromatic rings. The summed E-state index contributed by atoms with van der Waals surface area (Å²) in [6, 6.07) is 9.54. The molecule has 0 radical (unpaired) electrons. The number of ether oxygens (including phenoxy) is 1. The van der Waals surface area contributed by atoms with Crippen LogP contribution in [0.1, 0.15) is 19.4 Å². The minimum Gasteiger partial charge on any atom is -0.493 e. The van der Waals surface area contributed by atoms with Crippen LogP contribution < -0.4 is 15.6 Å². The Balaban J connectivity index is 2.27. The highest BCUT2D eigenvalue weighted by molar-refractivity contribution is 5.61. The molecule has 0 aliphatic carbocycles. The van der Waals surface area contributed by atoms with Crippen LogP contribution in [-0.4, -0.2) is 23.9 Å². The van der Waals surface area contributed by atoms with Gasteiger partial charge >= 0.3 is 0 Å². The molecular weight excluding hydrogens is 266 g/mol. The molecule has 2 rings (SSSR count). The molecule has 0 fully saturated rings. The minimum absolute atomic E-state index is 0.166. The van der Waals surface area contributed by atoms with Crippen molar-refractivity contribution in [1.82, 2.24) is 15.5 Å². The van der Waals surface area contributed by atoms with Crippen LogP contribution in [-0.2, 0) is 6.54 Å². The zero-order chi connectivity index (χ0) is 15.2. The summed E-state index contributed by atoms with van der Waals surface area (Å²) in [6.45, 7) is 5.40. The molecule has 0 aliphatic heterocycles. The van der Waals surface area contributed by atoms with Gasteiger partial charge in [-0.05, 0) is 31.2 Å². The number of H-pyrrole nitrogens is 1. The molecule has 5 nitrogen and oxygen atoms in total. The summed E-state index contributed by atoms with van der Waals surface area (Å²) in [4.78, 5) is 11.7. The molecule has 1 heterocycles. The smallest absolute Gasteiger partial charge is 0.268 e. The lowest BCUT2D eigenvalue weighted by Gasteiger charge is -2.10. The number of hydrogen-bond donors (Lipinski definition) is 2. The van der Waals surface area contributed by atoms with Gasteiger partial charge in [0.15, 0.2) is 0 Å². The number of aromatic amines is 1. The predicted octanol–water partition coefficient (Wildman–Crippen LogP) is 2.19. The zero-order valence-electron chi connectivity index (χ0n) is 12.6. The molecule has 0 saturated carbocycles. The van der Waals surface area contributed by atoms with Gasteiger partial charge in [-0.25, -0.2) is 5.10 Å². The van der Waals surface area contributed by atoms with Crippen molar-refractivity contribution in [2.75, 3.05) is 13.7 Å². The predicted molar refractivity (Wildman–Crippen MR) is 83.4 cm³/mol. The van der Waals surface area contributed by atoms with E-state index in [0.717, 1.165) is 17.0 Å². The Kier molecular flexibility index (Phi) is 5.11. The normalized spacial score (nSPS) is 10.9. The maximum Gasteiger partial charge on any atom is 0.268 e. The number of aromatic nitrogens is 2. The highest BCUT2D eigenvalue weighted by Crippen LogP contribution is 2.22. The third-order valence-corrected chi connectivity index (χ3v) is 2.96. The lowest BCUT2D eigenvalue weighted by molar-refractivity contribution is 0.271. The van der Waals surface area contributed by atoms with Gasteiger partial charge in [-0.15, -0.1) is 0 Å². The highest BCUT2D eigenvalue weighted by Gasteiger charge is 2.06. The summed E-state index contributed by atoms with van der Waals surface area (Å²) >= 11 is 0. The Bertz CT molecular complexity index is 650. The first-order valence-electron chi connectivity index (χ1n) is 7.06. The molecular formula is C16H21N3O2. The standard InChI is InChI=1S/C16H21N3O2/c1-11(2)10-21-14-6-4-5-12(7-14)15-8-13(9-17-3)16(20)19-18-15/h4-8,11,17H,9-10H2,1-3H3,(H,19,20). The summed E-state index contributed by atoms with van der Waals surface area (Å²) in [5.74, 6) is 1.28. The lowest BCUT2D eigenvalue weighted by atomic mass is 10.1. The molecule has 0 spiro atoms. The van der Waals surface area contributed by atoms with Gasteiger partial charge in [0.2, 0.25) is 0 Å². The Hall–Kier alpha value is -2.14. The van der Waals surface area contributed by atoms with Gasteiger partial charge in [-0.1, -0.05) is 26.0 Å². The van der Waals surface area contributed by atoms with Crippen molar-refractivity contribution in [3.63, 3.8) is 0 Å². The second kappa shape index (κ2) is 7.04. The Morgan fingerprint density at radius 2 is 2.14 bits per heavy atom. The quantitative estimate of drug-likeness (QED) is 0.854. The van der Waals surface area contributed by atoms with Gasteiger partial charge in [0.1, 0.15) is 5.75 Å². The van der Waals surface area contributed by atoms with Crippen LogP contribution in [0.25, 0.3) is 11.3 Å². The van der Waals surface area contributed by atoms with Crippen molar-refractivity contribution >= 4 is 0 Å². The van der Waals surface area contributed by atoms with E-state index in [9.17, 15) is 4.79 Å². The maximum absolute atomic E-state index is 11.7. The molecule has 0 unspecified atom stereocenters. The van der Waals surface area contributed by atoms with Crippen LogP contribution >= 0.6 is 0 Å². The van der Waals surface area contributed by atoms with E-state index >= 15 is 0 Å². The number of hydrogen-bond acceptors (Lipinski definition) is 4. The Morgan fingerprint density at radius 1 is 1.33 bits per heavy atom. The molecule has 0 bridgehead atoms. The van der Waals surface area contributed by atoms with Gasteiger partial charge in [-0.3, -0.25) is 4.79 Å². The summed E-state index contributed by atoms with van der Waals surface area (Å²) in [6.07, 6.45) is 0. The fraction of sp³-hybridized carbons (Fsp3) is 0.375. The van der Waals surface area contributed by atoms with Crippen molar-refractivity contribution < 1.29 is 4.74 Å². The van der Waals surface area contributed by atoms with Crippen molar-refractivity contribution in [1.29, 1.82) is 0 Å². The molecule has 21 heavy (non-hydrogen) atoms. The molecule has 2 N–H and O–H groups in total. The summed E-state index contributed by atoms with van der Waals surface area (Å²) < 4.78 is 5.72. The SMILES string of the molecule is CNCc1cc(-c2cccc(OCC(C)C)c2)n[nH]c1=O. The first-order valence-corrected chi connectivity index (χ1v) is 7.06. The number of benzene rings is 1. The van der Waals surface area contributed by atoms with Crippen LogP contribution in [0.15, 0.2) is 35.1 Å². The first kappa shape index (κ1) is 15.3. The summed E-state index contributed by atoms with van der Waals surface area (Å²) in [7, 11) is 1.81. The molecule has 0 aliphatic rings. The molecule has 1 aromatic carbocycles. The monoisotopic (exact) mass is 287 g/mol. The van der Waals surface area contributed by atoms with Gasteiger partial charge in [0.05, 0.1) is 12.3 Å². The van der Waals surface area contributed by atoms with Crippen molar-refractivity contribution in [3.05, 3.63) is 46.2 Å². The van der Waals surface area contributed by atoms with Crippen LogP contribution in [0.2, 0.25) is 0 Å². The molecule has 112 valence electrons. The van der Waals surface area contributed by atoms with Gasteiger partial charge in [-0.2, -0.15) is 5.10 Å². The average Bonchev–Trinajstić information content (AvgIpc) is 2.48. The maximum atomic E-state index is 11.7. The number of nitrogens with zero attached hydrogens (tertiary/aromatic N) is 1. The second-order valence-corrected chi connectivity index (χ2v) is 5.37. The van der Waals surface area contributed by atoms with E-state index in [4.69, 9.17) is 4.74 Å². The fourth-order valence-corrected chi connectivity index (χ4v) is 1.92. The third kappa shape index (κ3) is 4.16. The summed E-state index contributed by atoms with van der Waals surface area (Å²) in [5, 5.41) is 9.62. The van der Waals surface area contributed by atoms with Crippen molar-refractivity contribution in [2.45, 2.75) is 20.4 Å². The largest absolute Gasteiger partial charge is 0.493 e. The van der Waals surface area contributed by atoms with E-state index in [2.05, 4.69) is 29.4 Å². The van der Waals surface area contributed by atoms with Crippen LogP contribution in [0.4, 0.5) is 0 Å². The van der Waals surface area contributed by atoms with Crippen LogP contribution in [0.3, 0.4) is 0 Å². The zero-order valence-corrected chi connectivity index (χ0v) is 12.6.